The standard InChI is InChI=1S/Hg.H4SeSi.Sr.2H/c;1-2;;;/h;1H,2H3;;;. The molecule has 0 radical (unpaired) electrons. The molecule has 0 spiro atoms. The molecule has 20 valence electrons. The molecule has 0 rings (SSSR count). The second-order valence-electron chi connectivity index (χ2n) is 0. The summed E-state index contributed by atoms with van der Waals surface area (Å²) in [6, 6.07) is 0. The van der Waals surface area contributed by atoms with Crippen molar-refractivity contribution in [3.05, 3.63) is 0 Å². The van der Waals surface area contributed by atoms with Crippen LogP contribution in [0.25, 0.3) is 0 Å². The maximum absolute atomic E-state index is 2.45. The Bertz CT molecular complexity index is 8.00. The van der Waals surface area contributed by atoms with Gasteiger partial charge in [-0.15, -0.1) is 0 Å². The molecule has 0 amide bonds. The van der Waals surface area contributed by atoms with Gasteiger partial charge in [-0.05, 0) is 0 Å². The monoisotopic (exact) mass is 404 g/mol. The van der Waals surface area contributed by atoms with Crippen molar-refractivity contribution in [3.63, 3.8) is 0 Å². The van der Waals surface area contributed by atoms with E-state index in [2.05, 4.69) is 15.4 Å². The Morgan fingerprint density at radius 2 is 1.25 bits per heavy atom. The van der Waals surface area contributed by atoms with E-state index in [-0.39, 0.29) is 73.2 Å². The summed E-state index contributed by atoms with van der Waals surface area (Å²) in [4.78, 5) is 0. The molecule has 0 saturated heterocycles. The van der Waals surface area contributed by atoms with Gasteiger partial charge in [-0.25, -0.2) is 0 Å². The Labute approximate surface area is 94.9 Å². The van der Waals surface area contributed by atoms with E-state index in [4.69, 9.17) is 0 Å². The van der Waals surface area contributed by atoms with Crippen LogP contribution in [0.3, 0.4) is 0 Å². The van der Waals surface area contributed by atoms with Crippen LogP contribution in [0.5, 0.6) is 0 Å². The Hall–Kier alpha value is 3.15. The molecule has 4 heavy (non-hydrogen) atoms. The minimum absolute atomic E-state index is 0. The molecule has 0 fully saturated rings. The fourth-order valence-electron chi connectivity index (χ4n) is 0. The van der Waals surface area contributed by atoms with Crippen LogP contribution < -0.4 is 0 Å². The number of rotatable bonds is 0. The summed E-state index contributed by atoms with van der Waals surface area (Å²) in [7, 11) is 1.24. The molecule has 0 atom stereocenters. The second-order valence-corrected chi connectivity index (χ2v) is 0. The van der Waals surface area contributed by atoms with Gasteiger partial charge in [-0.1, -0.05) is 0 Å². The van der Waals surface area contributed by atoms with Gasteiger partial charge in [0.2, 0.25) is 0 Å². The normalized spacial score (nSPS) is 2.25. The summed E-state index contributed by atoms with van der Waals surface area (Å²) >= 11 is 2.45. The molecule has 0 aromatic rings. The fraction of sp³-hybridized carbons (Fsp3) is 0. The molecule has 0 unspecified atom stereocenters. The van der Waals surface area contributed by atoms with Gasteiger partial charge >= 0.3 is 69.7 Å². The zero-order valence-corrected chi connectivity index (χ0v) is 11.5. The summed E-state index contributed by atoms with van der Waals surface area (Å²) in [6.45, 7) is 0. The first-order valence-electron chi connectivity index (χ1n) is 0.447. The quantitative estimate of drug-likeness (QED) is 0.387. The number of hydrogen-bond donors (Lipinski definition) is 0. The van der Waals surface area contributed by atoms with Gasteiger partial charge in [0.25, 0.3) is 0 Å². The summed E-state index contributed by atoms with van der Waals surface area (Å²) in [5.41, 5.74) is 0. The maximum atomic E-state index is 2.45. The molecule has 4 heteroatoms. The van der Waals surface area contributed by atoms with Gasteiger partial charge in [-0.2, -0.15) is 0 Å². The summed E-state index contributed by atoms with van der Waals surface area (Å²) in [6.07, 6.45) is 0. The molecule has 0 aliphatic heterocycles. The van der Waals surface area contributed by atoms with Gasteiger partial charge in [0, 0.05) is 27.7 Å². The van der Waals surface area contributed by atoms with Crippen molar-refractivity contribution >= 4 is 69.7 Å². The molecular formula is H6HgSeSiSr. The minimum atomic E-state index is 0. The van der Waals surface area contributed by atoms with Crippen LogP contribution in [0, 0.1) is 0 Å². The molecule has 0 saturated carbocycles. The van der Waals surface area contributed by atoms with Crippen molar-refractivity contribution in [3.8, 4) is 0 Å². The Kier molecular flexibility index (Phi) is 64.5. The molecule has 0 bridgehead atoms. The van der Waals surface area contributed by atoms with Crippen LogP contribution in [-0.2, 0) is 27.7 Å². The summed E-state index contributed by atoms with van der Waals surface area (Å²) < 4.78 is 0. The summed E-state index contributed by atoms with van der Waals surface area (Å²) in [5.74, 6) is 0. The van der Waals surface area contributed by atoms with Crippen molar-refractivity contribution in [2.45, 2.75) is 0 Å². The third-order valence-electron chi connectivity index (χ3n) is 0. The van der Waals surface area contributed by atoms with Crippen molar-refractivity contribution < 1.29 is 27.7 Å². The van der Waals surface area contributed by atoms with Gasteiger partial charge < -0.3 is 0 Å². The van der Waals surface area contributed by atoms with Crippen LogP contribution in [0.1, 0.15) is 0 Å². The van der Waals surface area contributed by atoms with Crippen molar-refractivity contribution in [1.29, 1.82) is 0 Å². The van der Waals surface area contributed by atoms with E-state index >= 15 is 0 Å². The van der Waals surface area contributed by atoms with Crippen LogP contribution >= 0.6 is 0 Å². The predicted molar refractivity (Wildman–Crippen MR) is 25.6 cm³/mol. The predicted octanol–water partition coefficient (Wildman–Crippen LogP) is -2.75. The third-order valence-corrected chi connectivity index (χ3v) is 0. The van der Waals surface area contributed by atoms with Crippen LogP contribution in [-0.4, -0.2) is 69.7 Å². The van der Waals surface area contributed by atoms with E-state index in [1.165, 1.54) is 8.85 Å². The fourth-order valence-corrected chi connectivity index (χ4v) is 0. The molecule has 0 heterocycles. The van der Waals surface area contributed by atoms with Gasteiger partial charge in [0.15, 0.2) is 0 Å². The third kappa shape index (κ3) is 8.94. The van der Waals surface area contributed by atoms with Gasteiger partial charge in [-0.3, -0.25) is 0 Å². The van der Waals surface area contributed by atoms with Crippen LogP contribution in [0.4, 0.5) is 0 Å². The Morgan fingerprint density at radius 1 is 1.25 bits per heavy atom. The SMILES string of the molecule is [Hg].[SiH3][SeH].[SrH2]. The van der Waals surface area contributed by atoms with Gasteiger partial charge in [0.1, 0.15) is 0 Å². The number of hydrogen-bond acceptors (Lipinski definition) is 0. The first-order valence-corrected chi connectivity index (χ1v) is 6.97. The van der Waals surface area contributed by atoms with E-state index in [0.29, 0.717) is 0 Å². The average molecular weight is 401 g/mol. The molecule has 0 N–H and O–H groups in total. The Balaban J connectivity index is -0.00000000500. The van der Waals surface area contributed by atoms with Crippen LogP contribution in [0.15, 0.2) is 0 Å². The Morgan fingerprint density at radius 3 is 1.25 bits per heavy atom. The van der Waals surface area contributed by atoms with Crippen molar-refractivity contribution in [1.82, 2.24) is 0 Å². The first-order chi connectivity index (χ1) is 1.00. The zero-order valence-electron chi connectivity index (χ0n) is 2.15. The topological polar surface area (TPSA) is 0 Å². The molecule has 0 aromatic carbocycles. The van der Waals surface area contributed by atoms with E-state index in [1.807, 2.05) is 0 Å². The molecule has 0 aliphatic rings. The van der Waals surface area contributed by atoms with E-state index in [9.17, 15) is 0 Å². The van der Waals surface area contributed by atoms with E-state index < -0.39 is 0 Å². The zero-order chi connectivity index (χ0) is 2.00. The molecular weight excluding hydrogens is 395 g/mol. The molecule has 0 aromatic heterocycles. The first kappa shape index (κ1) is 15.7. The summed E-state index contributed by atoms with van der Waals surface area (Å²) in [5, 5.41) is 0. The average Bonchev–Trinajstić information content (AvgIpc) is 1.00. The molecule has 0 aliphatic carbocycles. The van der Waals surface area contributed by atoms with Crippen LogP contribution in [0.2, 0.25) is 0 Å². The van der Waals surface area contributed by atoms with Crippen molar-refractivity contribution in [2.75, 3.05) is 0 Å². The second kappa shape index (κ2) is 16.4. The molecule has 0 nitrogen and oxygen atoms in total. The van der Waals surface area contributed by atoms with Crippen molar-refractivity contribution in [2.24, 2.45) is 0 Å². The van der Waals surface area contributed by atoms with E-state index in [0.717, 1.165) is 0 Å². The van der Waals surface area contributed by atoms with E-state index in [1.54, 1.807) is 0 Å². The van der Waals surface area contributed by atoms with Gasteiger partial charge in [0.05, 0.1) is 0 Å².